The van der Waals surface area contributed by atoms with E-state index in [2.05, 4.69) is 14.9 Å². The molecule has 3 rings (SSSR count). The molecule has 1 saturated heterocycles. The van der Waals surface area contributed by atoms with Crippen LogP contribution in [-0.4, -0.2) is 29.2 Å². The Labute approximate surface area is 118 Å². The van der Waals surface area contributed by atoms with Gasteiger partial charge in [0.15, 0.2) is 5.60 Å². The fraction of sp³-hybridized carbons (Fsp3) is 0.833. The number of alkyl halides is 3. The minimum atomic E-state index is -4.73. The van der Waals surface area contributed by atoms with E-state index < -0.39 is 18.1 Å². The monoisotopic (exact) mass is 307 g/mol. The molecule has 1 aliphatic heterocycles. The Hall–Kier alpha value is -1.19. The van der Waals surface area contributed by atoms with Crippen molar-refractivity contribution in [2.45, 2.75) is 56.2 Å². The van der Waals surface area contributed by atoms with Crippen LogP contribution in [0.25, 0.3) is 0 Å². The van der Waals surface area contributed by atoms with E-state index in [0.717, 1.165) is 6.42 Å². The maximum absolute atomic E-state index is 12.5. The lowest BCUT2D eigenvalue weighted by Crippen LogP contribution is -2.42. The van der Waals surface area contributed by atoms with Crippen LogP contribution in [0.1, 0.15) is 50.0 Å². The van der Waals surface area contributed by atoms with E-state index in [-0.39, 0.29) is 30.7 Å². The van der Waals surface area contributed by atoms with Crippen LogP contribution in [0.5, 0.6) is 0 Å². The first-order chi connectivity index (χ1) is 9.88. The Balaban J connectivity index is 1.74. The van der Waals surface area contributed by atoms with Gasteiger partial charge >= 0.3 is 6.36 Å². The summed E-state index contributed by atoms with van der Waals surface area (Å²) in [6.07, 6.45) is -2.74. The minimum absolute atomic E-state index is 0.0322. The molecule has 1 aromatic heterocycles. The van der Waals surface area contributed by atoms with Gasteiger partial charge in [-0.2, -0.15) is 0 Å². The summed E-state index contributed by atoms with van der Waals surface area (Å²) in [5, 5.41) is 7.55. The molecule has 2 aliphatic rings. The van der Waals surface area contributed by atoms with Crippen LogP contribution >= 0.6 is 0 Å². The van der Waals surface area contributed by atoms with E-state index in [4.69, 9.17) is 14.9 Å². The van der Waals surface area contributed by atoms with Crippen LogP contribution in [0.2, 0.25) is 0 Å². The number of nitrogens with two attached hydrogens (primary N) is 1. The molecule has 2 heterocycles. The lowest BCUT2D eigenvalue weighted by Gasteiger charge is -2.38. The number of aromatic nitrogens is 2. The number of rotatable bonds is 3. The lowest BCUT2D eigenvalue weighted by molar-refractivity contribution is -0.387. The third-order valence-corrected chi connectivity index (χ3v) is 3.89. The lowest BCUT2D eigenvalue weighted by atomic mass is 9.80. The zero-order valence-electron chi connectivity index (χ0n) is 11.2. The van der Waals surface area contributed by atoms with Crippen molar-refractivity contribution in [1.82, 2.24) is 10.2 Å². The highest BCUT2D eigenvalue weighted by Gasteiger charge is 2.52. The summed E-state index contributed by atoms with van der Waals surface area (Å²) < 4.78 is 52.6. The molecule has 0 radical (unpaired) electrons. The van der Waals surface area contributed by atoms with Crippen molar-refractivity contribution in [3.63, 3.8) is 0 Å². The van der Waals surface area contributed by atoms with Crippen LogP contribution in [-0.2, 0) is 15.1 Å². The molecule has 2 unspecified atom stereocenters. The molecule has 118 valence electrons. The van der Waals surface area contributed by atoms with Crippen molar-refractivity contribution in [2.75, 3.05) is 6.61 Å². The quantitative estimate of drug-likeness (QED) is 0.921. The zero-order chi connectivity index (χ0) is 15.1. The number of hydrogen-bond donors (Lipinski definition) is 1. The first-order valence-corrected chi connectivity index (χ1v) is 6.86. The van der Waals surface area contributed by atoms with Crippen molar-refractivity contribution in [2.24, 2.45) is 5.73 Å². The largest absolute Gasteiger partial charge is 0.523 e. The van der Waals surface area contributed by atoms with Gasteiger partial charge in [0.25, 0.3) is 0 Å². The fourth-order valence-corrected chi connectivity index (χ4v) is 2.59. The summed E-state index contributed by atoms with van der Waals surface area (Å²) in [7, 11) is 0. The Kier molecular flexibility index (Phi) is 3.66. The molecule has 2 N–H and O–H groups in total. The smallest absolute Gasteiger partial charge is 0.419 e. The third kappa shape index (κ3) is 3.04. The molecule has 0 amide bonds. The molecular weight excluding hydrogens is 291 g/mol. The maximum atomic E-state index is 12.5. The minimum Gasteiger partial charge on any atom is -0.419 e. The van der Waals surface area contributed by atoms with Crippen molar-refractivity contribution in [1.29, 1.82) is 0 Å². The van der Waals surface area contributed by atoms with Gasteiger partial charge in [-0.1, -0.05) is 0 Å². The van der Waals surface area contributed by atoms with E-state index in [9.17, 15) is 13.2 Å². The van der Waals surface area contributed by atoms with E-state index in [1.165, 1.54) is 0 Å². The molecule has 2 fully saturated rings. The van der Waals surface area contributed by atoms with Gasteiger partial charge in [-0.25, -0.2) is 0 Å². The highest BCUT2D eigenvalue weighted by molar-refractivity contribution is 5.05. The van der Waals surface area contributed by atoms with Crippen molar-refractivity contribution >= 4 is 0 Å². The topological polar surface area (TPSA) is 83.4 Å². The van der Waals surface area contributed by atoms with Gasteiger partial charge in [-0.15, -0.1) is 23.4 Å². The Morgan fingerprint density at radius 3 is 2.52 bits per heavy atom. The summed E-state index contributed by atoms with van der Waals surface area (Å²) in [4.78, 5) is 0. The van der Waals surface area contributed by atoms with Crippen LogP contribution in [0.4, 0.5) is 13.2 Å². The van der Waals surface area contributed by atoms with Crippen LogP contribution in [0.15, 0.2) is 4.42 Å². The van der Waals surface area contributed by atoms with Gasteiger partial charge in [-0.05, 0) is 32.1 Å². The Bertz CT molecular complexity index is 493. The first kappa shape index (κ1) is 14.7. The summed E-state index contributed by atoms with van der Waals surface area (Å²) in [5.74, 6) is 0.0634. The molecule has 9 heteroatoms. The van der Waals surface area contributed by atoms with Gasteiger partial charge in [0.2, 0.25) is 11.8 Å². The van der Waals surface area contributed by atoms with Gasteiger partial charge in [0.05, 0.1) is 6.61 Å². The molecule has 1 aromatic rings. The average Bonchev–Trinajstić information content (AvgIpc) is 2.83. The standard InChI is InChI=1S/C12H16F3N3O3/c13-12(14,15)21-11(4-1-5-11)10-18-17-9(20-10)8-3-2-7(16)6-19-8/h7-8H,1-6,16H2. The second-order valence-electron chi connectivity index (χ2n) is 5.50. The van der Waals surface area contributed by atoms with Crippen molar-refractivity contribution in [3.8, 4) is 0 Å². The molecule has 2 atom stereocenters. The Morgan fingerprint density at radius 1 is 1.24 bits per heavy atom. The second kappa shape index (κ2) is 5.22. The van der Waals surface area contributed by atoms with Crippen LogP contribution < -0.4 is 5.73 Å². The maximum Gasteiger partial charge on any atom is 0.523 e. The van der Waals surface area contributed by atoms with Crippen molar-refractivity contribution < 1.29 is 27.1 Å². The van der Waals surface area contributed by atoms with Crippen LogP contribution in [0.3, 0.4) is 0 Å². The van der Waals surface area contributed by atoms with E-state index >= 15 is 0 Å². The van der Waals surface area contributed by atoms with Gasteiger partial charge in [0, 0.05) is 6.04 Å². The number of nitrogens with zero attached hydrogens (tertiary/aromatic N) is 2. The predicted molar refractivity (Wildman–Crippen MR) is 62.9 cm³/mol. The molecule has 0 spiro atoms. The normalized spacial score (nSPS) is 29.1. The van der Waals surface area contributed by atoms with Gasteiger partial charge in [-0.3, -0.25) is 4.74 Å². The highest BCUT2D eigenvalue weighted by atomic mass is 19.4. The molecule has 1 aliphatic carbocycles. The number of halogens is 3. The number of ether oxygens (including phenoxy) is 2. The summed E-state index contributed by atoms with van der Waals surface area (Å²) in [5.41, 5.74) is 4.18. The van der Waals surface area contributed by atoms with Crippen LogP contribution in [0, 0.1) is 0 Å². The average molecular weight is 307 g/mol. The summed E-state index contributed by atoms with van der Waals surface area (Å²) in [6.45, 7) is 0.368. The summed E-state index contributed by atoms with van der Waals surface area (Å²) in [6, 6.07) is -0.0322. The molecule has 1 saturated carbocycles. The first-order valence-electron chi connectivity index (χ1n) is 6.86. The number of hydrogen-bond acceptors (Lipinski definition) is 6. The van der Waals surface area contributed by atoms with Gasteiger partial charge < -0.3 is 14.9 Å². The molecular formula is C12H16F3N3O3. The van der Waals surface area contributed by atoms with E-state index in [1.807, 2.05) is 0 Å². The third-order valence-electron chi connectivity index (χ3n) is 3.89. The molecule has 0 bridgehead atoms. The molecule has 6 nitrogen and oxygen atoms in total. The van der Waals surface area contributed by atoms with E-state index in [0.29, 0.717) is 19.4 Å². The fourth-order valence-electron chi connectivity index (χ4n) is 2.59. The molecule has 21 heavy (non-hydrogen) atoms. The Morgan fingerprint density at radius 2 is 2.00 bits per heavy atom. The predicted octanol–water partition coefficient (Wildman–Crippen LogP) is 2.16. The molecule has 0 aromatic carbocycles. The summed E-state index contributed by atoms with van der Waals surface area (Å²) >= 11 is 0. The van der Waals surface area contributed by atoms with Crippen molar-refractivity contribution in [3.05, 3.63) is 11.8 Å². The van der Waals surface area contributed by atoms with Gasteiger partial charge in [0.1, 0.15) is 6.10 Å². The van der Waals surface area contributed by atoms with E-state index in [1.54, 1.807) is 0 Å². The SMILES string of the molecule is NC1CCC(c2nnc(C3(OC(F)(F)F)CCC3)o2)OC1. The second-order valence-corrected chi connectivity index (χ2v) is 5.50. The highest BCUT2D eigenvalue weighted by Crippen LogP contribution is 2.48. The zero-order valence-corrected chi connectivity index (χ0v) is 11.2.